The Morgan fingerprint density at radius 2 is 1.96 bits per heavy atom. The van der Waals surface area contributed by atoms with Crippen LogP contribution in [-0.2, 0) is 12.8 Å². The first-order chi connectivity index (χ1) is 11.8. The zero-order chi connectivity index (χ0) is 16.5. The Bertz CT molecular complexity index is 720. The lowest BCUT2D eigenvalue weighted by molar-refractivity contribution is 0.0545. The normalized spacial score (nSPS) is 23.3. The van der Waals surface area contributed by atoms with Crippen LogP contribution < -0.4 is 4.90 Å². The molecule has 4 rings (SSSR count). The Morgan fingerprint density at radius 1 is 1.12 bits per heavy atom. The van der Waals surface area contributed by atoms with Crippen molar-refractivity contribution in [2.24, 2.45) is 5.92 Å². The van der Waals surface area contributed by atoms with E-state index in [1.54, 1.807) is 0 Å². The molecule has 1 aromatic heterocycles. The third-order valence-electron chi connectivity index (χ3n) is 5.20. The van der Waals surface area contributed by atoms with Crippen molar-refractivity contribution in [3.8, 4) is 11.4 Å². The summed E-state index contributed by atoms with van der Waals surface area (Å²) >= 11 is 0. The van der Waals surface area contributed by atoms with Crippen LogP contribution in [-0.4, -0.2) is 46.0 Å². The van der Waals surface area contributed by atoms with Gasteiger partial charge in [-0.2, -0.15) is 0 Å². The number of hydrogen-bond acceptors (Lipinski definition) is 5. The number of hydrogen-bond donors (Lipinski definition) is 2. The monoisotopic (exact) mass is 325 g/mol. The quantitative estimate of drug-likeness (QED) is 0.901. The molecule has 126 valence electrons. The molecule has 0 spiro atoms. The average Bonchev–Trinajstić information content (AvgIpc) is 3.10. The molecule has 1 aliphatic carbocycles. The van der Waals surface area contributed by atoms with Gasteiger partial charge in [-0.25, -0.2) is 9.97 Å². The van der Waals surface area contributed by atoms with Gasteiger partial charge < -0.3 is 15.1 Å². The molecule has 2 heterocycles. The number of fused-ring (bicyclic) bond motifs is 1. The van der Waals surface area contributed by atoms with Gasteiger partial charge in [-0.3, -0.25) is 0 Å². The van der Waals surface area contributed by atoms with Crippen molar-refractivity contribution in [3.05, 3.63) is 41.6 Å². The van der Waals surface area contributed by atoms with Gasteiger partial charge in [0, 0.05) is 42.4 Å². The van der Waals surface area contributed by atoms with E-state index in [1.807, 2.05) is 30.3 Å². The molecule has 1 fully saturated rings. The highest BCUT2D eigenvalue weighted by Gasteiger charge is 2.31. The van der Waals surface area contributed by atoms with Crippen molar-refractivity contribution in [2.45, 2.75) is 31.8 Å². The summed E-state index contributed by atoms with van der Waals surface area (Å²) in [5.41, 5.74) is 3.42. The minimum absolute atomic E-state index is 0.0234. The van der Waals surface area contributed by atoms with Crippen molar-refractivity contribution < 1.29 is 10.2 Å². The molecule has 5 heteroatoms. The molecule has 2 N–H and O–H groups in total. The van der Waals surface area contributed by atoms with E-state index in [9.17, 15) is 10.2 Å². The van der Waals surface area contributed by atoms with Crippen LogP contribution in [0.1, 0.15) is 24.1 Å². The summed E-state index contributed by atoms with van der Waals surface area (Å²) in [6, 6.07) is 10.1. The third-order valence-corrected chi connectivity index (χ3v) is 5.20. The van der Waals surface area contributed by atoms with Crippen LogP contribution in [0.15, 0.2) is 30.3 Å². The minimum atomic E-state index is -0.504. The van der Waals surface area contributed by atoms with Gasteiger partial charge in [0.1, 0.15) is 5.82 Å². The van der Waals surface area contributed by atoms with E-state index in [0.29, 0.717) is 6.54 Å². The maximum Gasteiger partial charge on any atom is 0.161 e. The molecule has 1 saturated heterocycles. The van der Waals surface area contributed by atoms with Crippen molar-refractivity contribution in [1.29, 1.82) is 0 Å². The fourth-order valence-electron chi connectivity index (χ4n) is 3.78. The first-order valence-electron chi connectivity index (χ1n) is 8.75. The summed E-state index contributed by atoms with van der Waals surface area (Å²) < 4.78 is 0. The molecule has 0 bridgehead atoms. The average molecular weight is 325 g/mol. The molecule has 2 aliphatic rings. The molecule has 0 saturated carbocycles. The number of aliphatic hydroxyl groups is 2. The Morgan fingerprint density at radius 3 is 2.71 bits per heavy atom. The van der Waals surface area contributed by atoms with Crippen molar-refractivity contribution in [3.63, 3.8) is 0 Å². The Hall–Kier alpha value is -1.98. The second-order valence-electron chi connectivity index (χ2n) is 6.76. The van der Waals surface area contributed by atoms with E-state index in [1.165, 1.54) is 5.56 Å². The first-order valence-corrected chi connectivity index (χ1v) is 8.75. The van der Waals surface area contributed by atoms with Gasteiger partial charge >= 0.3 is 0 Å². The standard InChI is InChI=1S/C19H23N3O2/c23-12-14-9-10-22(11-17(14)24)19-15-7-4-8-16(15)20-18(21-19)13-5-2-1-3-6-13/h1-3,5-6,14,17,23-24H,4,7-12H2/t14-,17+/m0/s1. The molecule has 2 aromatic rings. The largest absolute Gasteiger partial charge is 0.396 e. The summed E-state index contributed by atoms with van der Waals surface area (Å²) in [5.74, 6) is 1.72. The van der Waals surface area contributed by atoms with Crippen LogP contribution in [0.4, 0.5) is 5.82 Å². The number of anilines is 1. The smallest absolute Gasteiger partial charge is 0.161 e. The SMILES string of the molecule is OC[C@@H]1CCN(c2nc(-c3ccccc3)nc3c2CCC3)C[C@H]1O. The molecule has 1 aromatic carbocycles. The highest BCUT2D eigenvalue weighted by atomic mass is 16.3. The highest BCUT2D eigenvalue weighted by Crippen LogP contribution is 2.33. The van der Waals surface area contributed by atoms with Gasteiger partial charge in [0.05, 0.1) is 6.10 Å². The van der Waals surface area contributed by atoms with Gasteiger partial charge in [-0.05, 0) is 25.7 Å². The fraction of sp³-hybridized carbons (Fsp3) is 0.474. The van der Waals surface area contributed by atoms with Crippen LogP contribution in [0.2, 0.25) is 0 Å². The van der Waals surface area contributed by atoms with Crippen molar-refractivity contribution in [1.82, 2.24) is 9.97 Å². The number of piperidine rings is 1. The number of nitrogens with zero attached hydrogens (tertiary/aromatic N) is 3. The van der Waals surface area contributed by atoms with Gasteiger partial charge in [-0.15, -0.1) is 0 Å². The topological polar surface area (TPSA) is 69.5 Å². The summed E-state index contributed by atoms with van der Waals surface area (Å²) in [7, 11) is 0. The van der Waals surface area contributed by atoms with E-state index < -0.39 is 6.10 Å². The summed E-state index contributed by atoms with van der Waals surface area (Å²) in [4.78, 5) is 11.8. The Kier molecular flexibility index (Phi) is 4.21. The van der Waals surface area contributed by atoms with E-state index in [-0.39, 0.29) is 12.5 Å². The second-order valence-corrected chi connectivity index (χ2v) is 6.76. The molecule has 2 atom stereocenters. The summed E-state index contributed by atoms with van der Waals surface area (Å²) in [5, 5.41) is 19.7. The number of aryl methyl sites for hydroxylation is 1. The van der Waals surface area contributed by atoms with Crippen molar-refractivity contribution in [2.75, 3.05) is 24.6 Å². The summed E-state index contributed by atoms with van der Waals surface area (Å²) in [6.45, 7) is 1.40. The molecular formula is C19H23N3O2. The lowest BCUT2D eigenvalue weighted by atomic mass is 9.94. The second kappa shape index (κ2) is 6.49. The van der Waals surface area contributed by atoms with Crippen LogP contribution in [0, 0.1) is 5.92 Å². The Labute approximate surface area is 142 Å². The van der Waals surface area contributed by atoms with Gasteiger partial charge in [-0.1, -0.05) is 30.3 Å². The lowest BCUT2D eigenvalue weighted by Gasteiger charge is -2.36. The molecular weight excluding hydrogens is 302 g/mol. The van der Waals surface area contributed by atoms with Gasteiger partial charge in [0.15, 0.2) is 5.82 Å². The third kappa shape index (κ3) is 2.78. The summed E-state index contributed by atoms with van der Waals surface area (Å²) in [6.07, 6.45) is 3.41. The molecule has 1 aliphatic heterocycles. The molecule has 0 amide bonds. The zero-order valence-corrected chi connectivity index (χ0v) is 13.7. The lowest BCUT2D eigenvalue weighted by Crippen LogP contribution is -2.45. The highest BCUT2D eigenvalue weighted by molar-refractivity contribution is 5.61. The number of benzene rings is 1. The van der Waals surface area contributed by atoms with E-state index in [0.717, 1.165) is 55.1 Å². The van der Waals surface area contributed by atoms with Crippen molar-refractivity contribution >= 4 is 5.82 Å². The number of aliphatic hydroxyl groups excluding tert-OH is 2. The van der Waals surface area contributed by atoms with Crippen LogP contribution >= 0.6 is 0 Å². The maximum atomic E-state index is 10.3. The zero-order valence-electron chi connectivity index (χ0n) is 13.7. The maximum absolute atomic E-state index is 10.3. The fourth-order valence-corrected chi connectivity index (χ4v) is 3.78. The molecule has 0 radical (unpaired) electrons. The Balaban J connectivity index is 1.71. The minimum Gasteiger partial charge on any atom is -0.396 e. The van der Waals surface area contributed by atoms with Crippen LogP contribution in [0.5, 0.6) is 0 Å². The van der Waals surface area contributed by atoms with E-state index >= 15 is 0 Å². The predicted molar refractivity (Wildman–Crippen MR) is 92.9 cm³/mol. The number of β-amino-alcohol motifs (C(OH)–C–C–N with tert-alkyl or cyclic N) is 1. The van der Waals surface area contributed by atoms with E-state index in [4.69, 9.17) is 9.97 Å². The molecule has 5 nitrogen and oxygen atoms in total. The first kappa shape index (κ1) is 15.5. The van der Waals surface area contributed by atoms with Crippen LogP contribution in [0.3, 0.4) is 0 Å². The van der Waals surface area contributed by atoms with Crippen LogP contribution in [0.25, 0.3) is 11.4 Å². The van der Waals surface area contributed by atoms with E-state index in [2.05, 4.69) is 4.90 Å². The number of rotatable bonds is 3. The van der Waals surface area contributed by atoms with Gasteiger partial charge in [0.2, 0.25) is 0 Å². The molecule has 0 unspecified atom stereocenters. The number of aromatic nitrogens is 2. The van der Waals surface area contributed by atoms with Gasteiger partial charge in [0.25, 0.3) is 0 Å². The predicted octanol–water partition coefficient (Wildman–Crippen LogP) is 1.81. The molecule has 24 heavy (non-hydrogen) atoms.